The number of carbonyl (C=O) groups excluding carboxylic acids is 1. The Morgan fingerprint density at radius 3 is 3.00 bits per heavy atom. The summed E-state index contributed by atoms with van der Waals surface area (Å²) < 4.78 is 5.14. The molecule has 0 saturated heterocycles. The van der Waals surface area contributed by atoms with Crippen LogP contribution in [0, 0.1) is 5.92 Å². The normalized spacial score (nSPS) is 16.5. The molecule has 118 valence electrons. The van der Waals surface area contributed by atoms with Crippen molar-refractivity contribution in [1.29, 1.82) is 0 Å². The lowest BCUT2D eigenvalue weighted by Crippen LogP contribution is -2.24. The van der Waals surface area contributed by atoms with Gasteiger partial charge in [0.25, 0.3) is 0 Å². The number of H-pyrrole nitrogens is 1. The van der Waals surface area contributed by atoms with Crippen molar-refractivity contribution in [3.05, 3.63) is 53.1 Å². The zero-order chi connectivity index (χ0) is 14.7. The van der Waals surface area contributed by atoms with Crippen LogP contribution < -0.4 is 0 Å². The topological polar surface area (TPSA) is 55.0 Å². The van der Waals surface area contributed by atoms with Crippen molar-refractivity contribution in [3.8, 4) is 0 Å². The van der Waals surface area contributed by atoms with Crippen LogP contribution in [-0.4, -0.2) is 22.5 Å². The molecule has 1 aromatic heterocycles. The molecule has 1 unspecified atom stereocenters. The monoisotopic (exact) mass is 320 g/mol. The van der Waals surface area contributed by atoms with E-state index in [0.717, 1.165) is 31.5 Å². The molecule has 1 atom stereocenters. The molecule has 0 spiro atoms. The lowest BCUT2D eigenvalue weighted by Gasteiger charge is -2.23. The Kier molecular flexibility index (Phi) is 5.61. The number of halogens is 1. The first-order chi connectivity index (χ1) is 10.3. The van der Waals surface area contributed by atoms with Gasteiger partial charge in [-0.2, -0.15) is 0 Å². The maximum absolute atomic E-state index is 11.9. The number of hydrogen-bond donors (Lipinski definition) is 1. The molecule has 3 rings (SSSR count). The van der Waals surface area contributed by atoms with Crippen LogP contribution in [0.3, 0.4) is 0 Å². The Bertz CT molecular complexity index is 626. The van der Waals surface area contributed by atoms with Gasteiger partial charge in [-0.1, -0.05) is 18.2 Å². The van der Waals surface area contributed by atoms with E-state index in [1.165, 1.54) is 16.7 Å². The average Bonchev–Trinajstić information content (AvgIpc) is 3.00. The molecule has 0 fully saturated rings. The minimum Gasteiger partial charge on any atom is -0.466 e. The molecule has 0 bridgehead atoms. The molecule has 0 aliphatic heterocycles. The van der Waals surface area contributed by atoms with E-state index in [4.69, 9.17) is 4.74 Å². The van der Waals surface area contributed by atoms with Gasteiger partial charge in [0.05, 0.1) is 12.5 Å². The van der Waals surface area contributed by atoms with Crippen molar-refractivity contribution in [2.24, 2.45) is 5.92 Å². The molecule has 0 radical (unpaired) electrons. The average molecular weight is 321 g/mol. The number of imidazole rings is 1. The van der Waals surface area contributed by atoms with Gasteiger partial charge in [-0.15, -0.1) is 12.4 Å². The highest BCUT2D eigenvalue weighted by Gasteiger charge is 2.25. The van der Waals surface area contributed by atoms with Gasteiger partial charge in [0.15, 0.2) is 0 Å². The van der Waals surface area contributed by atoms with Gasteiger partial charge in [-0.3, -0.25) is 4.79 Å². The zero-order valence-electron chi connectivity index (χ0n) is 12.7. The number of benzene rings is 1. The van der Waals surface area contributed by atoms with E-state index in [1.807, 2.05) is 13.1 Å². The van der Waals surface area contributed by atoms with Crippen LogP contribution in [0.15, 0.2) is 30.6 Å². The van der Waals surface area contributed by atoms with Gasteiger partial charge in [0, 0.05) is 18.8 Å². The molecule has 4 nitrogen and oxygen atoms in total. The van der Waals surface area contributed by atoms with Crippen molar-refractivity contribution in [2.45, 2.75) is 32.6 Å². The number of ether oxygens (including phenoxy) is 1. The number of nitrogens with zero attached hydrogens (tertiary/aromatic N) is 1. The van der Waals surface area contributed by atoms with Crippen LogP contribution in [0.25, 0.3) is 0 Å². The van der Waals surface area contributed by atoms with Crippen molar-refractivity contribution < 1.29 is 9.53 Å². The highest BCUT2D eigenvalue weighted by atomic mass is 35.5. The summed E-state index contributed by atoms with van der Waals surface area (Å²) in [6.45, 7) is 2.32. The second-order valence-corrected chi connectivity index (χ2v) is 5.51. The predicted molar refractivity (Wildman–Crippen MR) is 87.2 cm³/mol. The van der Waals surface area contributed by atoms with Crippen molar-refractivity contribution in [2.75, 3.05) is 6.61 Å². The molecule has 1 aliphatic carbocycles. The molecule has 0 saturated carbocycles. The molecule has 2 aromatic rings. The Labute approximate surface area is 136 Å². The van der Waals surface area contributed by atoms with E-state index in [9.17, 15) is 4.79 Å². The fourth-order valence-corrected chi connectivity index (χ4v) is 2.97. The van der Waals surface area contributed by atoms with Gasteiger partial charge >= 0.3 is 5.97 Å². The van der Waals surface area contributed by atoms with Crippen LogP contribution >= 0.6 is 12.4 Å². The molecule has 0 amide bonds. The highest BCUT2D eigenvalue weighted by molar-refractivity contribution is 5.85. The molecular weight excluding hydrogens is 300 g/mol. The summed E-state index contributed by atoms with van der Waals surface area (Å²) in [4.78, 5) is 19.2. The summed E-state index contributed by atoms with van der Waals surface area (Å²) in [7, 11) is 0. The van der Waals surface area contributed by atoms with Crippen molar-refractivity contribution >= 4 is 18.4 Å². The van der Waals surface area contributed by atoms with Crippen LogP contribution in [0.5, 0.6) is 0 Å². The molecule has 22 heavy (non-hydrogen) atoms. The third-order valence-electron chi connectivity index (χ3n) is 4.05. The summed E-state index contributed by atoms with van der Waals surface area (Å²) >= 11 is 0. The van der Waals surface area contributed by atoms with Crippen molar-refractivity contribution in [1.82, 2.24) is 9.97 Å². The Balaban J connectivity index is 0.00000176. The minimum atomic E-state index is -0.0530. The Morgan fingerprint density at radius 1 is 1.41 bits per heavy atom. The van der Waals surface area contributed by atoms with Gasteiger partial charge in [0.2, 0.25) is 0 Å². The summed E-state index contributed by atoms with van der Waals surface area (Å²) in [5, 5.41) is 0. The number of carbonyl (C=O) groups is 1. The van der Waals surface area contributed by atoms with E-state index in [0.29, 0.717) is 6.61 Å². The number of esters is 1. The number of fused-ring (bicyclic) bond motifs is 1. The second kappa shape index (κ2) is 7.45. The SMILES string of the molecule is CCOC(=O)C1CCc2cc(Cc3ncc[nH]3)ccc2C1.Cl. The smallest absolute Gasteiger partial charge is 0.309 e. The maximum atomic E-state index is 11.9. The largest absolute Gasteiger partial charge is 0.466 e. The summed E-state index contributed by atoms with van der Waals surface area (Å²) in [5.41, 5.74) is 3.90. The number of aryl methyl sites for hydroxylation is 1. The first kappa shape index (κ1) is 16.6. The molecule has 5 heteroatoms. The third-order valence-corrected chi connectivity index (χ3v) is 4.05. The number of hydrogen-bond acceptors (Lipinski definition) is 3. The van der Waals surface area contributed by atoms with E-state index >= 15 is 0 Å². The fourth-order valence-electron chi connectivity index (χ4n) is 2.97. The number of aromatic amines is 1. The highest BCUT2D eigenvalue weighted by Crippen LogP contribution is 2.27. The number of aromatic nitrogens is 2. The van der Waals surface area contributed by atoms with E-state index in [1.54, 1.807) is 6.20 Å². The van der Waals surface area contributed by atoms with Gasteiger partial charge in [0.1, 0.15) is 5.82 Å². The standard InChI is InChI=1S/C17H20N2O2.ClH/c1-2-21-17(20)15-6-5-13-9-12(3-4-14(13)11-15)10-16-18-7-8-19-16;/h3-4,7-9,15H,2,5-6,10-11H2,1H3,(H,18,19);1H. The van der Waals surface area contributed by atoms with Gasteiger partial charge in [-0.05, 0) is 42.9 Å². The molecule has 1 heterocycles. The first-order valence-corrected chi connectivity index (χ1v) is 7.52. The third kappa shape index (κ3) is 3.69. The number of rotatable bonds is 4. The molecule has 1 aromatic carbocycles. The van der Waals surface area contributed by atoms with Crippen LogP contribution in [0.1, 0.15) is 35.9 Å². The minimum absolute atomic E-state index is 0. The van der Waals surface area contributed by atoms with E-state index in [-0.39, 0.29) is 24.3 Å². The fraction of sp³-hybridized carbons (Fsp3) is 0.412. The van der Waals surface area contributed by atoms with E-state index < -0.39 is 0 Å². The van der Waals surface area contributed by atoms with Crippen LogP contribution in [-0.2, 0) is 28.8 Å². The lowest BCUT2D eigenvalue weighted by molar-refractivity contribution is -0.148. The van der Waals surface area contributed by atoms with Crippen molar-refractivity contribution in [3.63, 3.8) is 0 Å². The summed E-state index contributed by atoms with van der Waals surface area (Å²) in [5.74, 6) is 0.950. The molecule has 1 N–H and O–H groups in total. The summed E-state index contributed by atoms with van der Waals surface area (Å²) in [6.07, 6.45) is 7.08. The number of nitrogens with one attached hydrogen (secondary N) is 1. The molecular formula is C17H21ClN2O2. The van der Waals surface area contributed by atoms with E-state index in [2.05, 4.69) is 28.2 Å². The Hall–Kier alpha value is -1.81. The van der Waals surface area contributed by atoms with Crippen LogP contribution in [0.4, 0.5) is 0 Å². The quantitative estimate of drug-likeness (QED) is 0.881. The first-order valence-electron chi connectivity index (χ1n) is 7.52. The van der Waals surface area contributed by atoms with Gasteiger partial charge < -0.3 is 9.72 Å². The van der Waals surface area contributed by atoms with Crippen LogP contribution in [0.2, 0.25) is 0 Å². The molecule has 1 aliphatic rings. The Morgan fingerprint density at radius 2 is 2.27 bits per heavy atom. The van der Waals surface area contributed by atoms with Gasteiger partial charge in [-0.25, -0.2) is 4.98 Å². The predicted octanol–water partition coefficient (Wildman–Crippen LogP) is 3.09. The zero-order valence-corrected chi connectivity index (χ0v) is 13.5. The second-order valence-electron chi connectivity index (χ2n) is 5.51. The maximum Gasteiger partial charge on any atom is 0.309 e. The summed E-state index contributed by atoms with van der Waals surface area (Å²) in [6, 6.07) is 6.53. The lowest BCUT2D eigenvalue weighted by atomic mass is 9.83.